The van der Waals surface area contributed by atoms with Crippen molar-refractivity contribution in [2.45, 2.75) is 13.1 Å². The number of nitrogens with zero attached hydrogens (tertiary/aromatic N) is 4. The van der Waals surface area contributed by atoms with E-state index in [0.717, 1.165) is 10.9 Å². The molecular weight excluding hydrogens is 380 g/mol. The fourth-order valence-corrected chi connectivity index (χ4v) is 2.48. The highest BCUT2D eigenvalue weighted by Gasteiger charge is 2.15. The third kappa shape index (κ3) is 4.20. The standard InChI is InChI=1S/C17H14ClF2N5O2/c1-24-16(14-5-3-11(19)8-21-14)23-25(17(24)27)9-15(26)22-7-10-2-4-12(18)13(20)6-10/h2-6,8H,7,9H2,1H3,(H,22,26). The third-order valence-electron chi connectivity index (χ3n) is 3.76. The maximum Gasteiger partial charge on any atom is 0.346 e. The van der Waals surface area contributed by atoms with Crippen molar-refractivity contribution in [3.8, 4) is 11.5 Å². The highest BCUT2D eigenvalue weighted by molar-refractivity contribution is 6.30. The molecule has 2 heterocycles. The molecule has 7 nitrogen and oxygen atoms in total. The molecule has 0 aliphatic heterocycles. The van der Waals surface area contributed by atoms with E-state index in [1.165, 1.54) is 35.9 Å². The summed E-state index contributed by atoms with van der Waals surface area (Å²) in [7, 11) is 1.47. The minimum Gasteiger partial charge on any atom is -0.350 e. The van der Waals surface area contributed by atoms with E-state index >= 15 is 0 Å². The molecule has 0 saturated heterocycles. The van der Waals surface area contributed by atoms with Gasteiger partial charge in [-0.2, -0.15) is 0 Å². The number of halogens is 3. The van der Waals surface area contributed by atoms with Crippen LogP contribution in [0.25, 0.3) is 11.5 Å². The van der Waals surface area contributed by atoms with Crippen molar-refractivity contribution in [1.29, 1.82) is 0 Å². The van der Waals surface area contributed by atoms with Gasteiger partial charge in [0.15, 0.2) is 5.82 Å². The van der Waals surface area contributed by atoms with Crippen LogP contribution >= 0.6 is 11.6 Å². The number of carbonyl (C=O) groups excluding carboxylic acids is 1. The number of hydrogen-bond acceptors (Lipinski definition) is 4. The maximum atomic E-state index is 13.4. The maximum absolute atomic E-state index is 13.4. The quantitative estimate of drug-likeness (QED) is 0.717. The lowest BCUT2D eigenvalue weighted by molar-refractivity contribution is -0.122. The van der Waals surface area contributed by atoms with E-state index in [4.69, 9.17) is 11.6 Å². The Hall–Kier alpha value is -3.07. The van der Waals surface area contributed by atoms with Crippen LogP contribution < -0.4 is 11.0 Å². The van der Waals surface area contributed by atoms with Crippen LogP contribution in [-0.2, 0) is 24.9 Å². The molecule has 3 aromatic rings. The van der Waals surface area contributed by atoms with Crippen molar-refractivity contribution >= 4 is 17.5 Å². The number of pyridine rings is 1. The molecule has 3 rings (SSSR count). The van der Waals surface area contributed by atoms with Crippen molar-refractivity contribution < 1.29 is 13.6 Å². The Bertz CT molecular complexity index is 1050. The van der Waals surface area contributed by atoms with Crippen LogP contribution in [0.1, 0.15) is 5.56 Å². The van der Waals surface area contributed by atoms with Crippen LogP contribution in [-0.4, -0.2) is 25.2 Å². The molecule has 0 unspecified atom stereocenters. The van der Waals surface area contributed by atoms with E-state index in [2.05, 4.69) is 15.4 Å². The summed E-state index contributed by atoms with van der Waals surface area (Å²) in [6.45, 7) is -0.259. The molecule has 0 bridgehead atoms. The van der Waals surface area contributed by atoms with Crippen LogP contribution in [0, 0.1) is 11.6 Å². The summed E-state index contributed by atoms with van der Waals surface area (Å²) in [6, 6.07) is 6.77. The Morgan fingerprint density at radius 3 is 2.70 bits per heavy atom. The van der Waals surface area contributed by atoms with E-state index in [-0.39, 0.29) is 23.9 Å². The third-order valence-corrected chi connectivity index (χ3v) is 4.07. The van der Waals surface area contributed by atoms with Crippen LogP contribution in [0.15, 0.2) is 41.3 Å². The SMILES string of the molecule is Cn1c(-c2ccc(F)cn2)nn(CC(=O)NCc2ccc(Cl)c(F)c2)c1=O. The molecule has 0 fully saturated rings. The molecule has 27 heavy (non-hydrogen) atoms. The van der Waals surface area contributed by atoms with Crippen LogP contribution in [0.2, 0.25) is 5.02 Å². The van der Waals surface area contributed by atoms with Gasteiger partial charge in [0.25, 0.3) is 0 Å². The van der Waals surface area contributed by atoms with Crippen molar-refractivity contribution in [1.82, 2.24) is 24.6 Å². The van der Waals surface area contributed by atoms with Crippen molar-refractivity contribution in [2.24, 2.45) is 7.05 Å². The molecule has 0 aliphatic carbocycles. The number of rotatable bonds is 5. The fraction of sp³-hybridized carbons (Fsp3) is 0.176. The molecule has 1 N–H and O–H groups in total. The first-order valence-electron chi connectivity index (χ1n) is 7.81. The van der Waals surface area contributed by atoms with E-state index in [9.17, 15) is 18.4 Å². The summed E-state index contributed by atoms with van der Waals surface area (Å²) in [6.07, 6.45) is 1.01. The molecule has 10 heteroatoms. The van der Waals surface area contributed by atoms with Gasteiger partial charge in [-0.3, -0.25) is 9.36 Å². The average Bonchev–Trinajstić information content (AvgIpc) is 2.92. The topological polar surface area (TPSA) is 81.8 Å². The Kier molecular flexibility index (Phi) is 5.31. The zero-order chi connectivity index (χ0) is 19.6. The van der Waals surface area contributed by atoms with Crippen LogP contribution in [0.4, 0.5) is 8.78 Å². The van der Waals surface area contributed by atoms with Gasteiger partial charge >= 0.3 is 5.69 Å². The van der Waals surface area contributed by atoms with Crippen molar-refractivity contribution in [3.63, 3.8) is 0 Å². The van der Waals surface area contributed by atoms with Crippen LogP contribution in [0.3, 0.4) is 0 Å². The van der Waals surface area contributed by atoms with Crippen molar-refractivity contribution in [3.05, 3.63) is 69.2 Å². The first kappa shape index (κ1) is 18.7. The molecule has 2 aromatic heterocycles. The predicted molar refractivity (Wildman–Crippen MR) is 93.9 cm³/mol. The molecular formula is C17H14ClF2N5O2. The number of hydrogen-bond donors (Lipinski definition) is 1. The molecule has 0 aliphatic rings. The summed E-state index contributed by atoms with van der Waals surface area (Å²) in [5, 5.41) is 6.64. The minimum absolute atomic E-state index is 0.00736. The summed E-state index contributed by atoms with van der Waals surface area (Å²) in [4.78, 5) is 28.2. The highest BCUT2D eigenvalue weighted by Crippen LogP contribution is 2.15. The second-order valence-corrected chi connectivity index (χ2v) is 6.12. The molecule has 0 spiro atoms. The summed E-state index contributed by atoms with van der Waals surface area (Å²) < 4.78 is 28.6. The lowest BCUT2D eigenvalue weighted by atomic mass is 10.2. The lowest BCUT2D eigenvalue weighted by Crippen LogP contribution is -2.33. The van der Waals surface area contributed by atoms with E-state index < -0.39 is 23.2 Å². The largest absolute Gasteiger partial charge is 0.350 e. The number of benzene rings is 1. The van der Waals surface area contributed by atoms with E-state index in [1.54, 1.807) is 6.07 Å². The number of nitrogens with one attached hydrogen (secondary N) is 1. The number of aromatic nitrogens is 4. The molecule has 0 radical (unpaired) electrons. The normalized spacial score (nSPS) is 10.8. The fourth-order valence-electron chi connectivity index (χ4n) is 2.36. The van der Waals surface area contributed by atoms with Gasteiger partial charge in [0.1, 0.15) is 23.9 Å². The van der Waals surface area contributed by atoms with Gasteiger partial charge in [0, 0.05) is 13.6 Å². The van der Waals surface area contributed by atoms with Gasteiger partial charge in [0.05, 0.1) is 11.2 Å². The molecule has 140 valence electrons. The second kappa shape index (κ2) is 7.67. The van der Waals surface area contributed by atoms with E-state index in [1.807, 2.05) is 0 Å². The average molecular weight is 394 g/mol. The Balaban J connectivity index is 1.70. The minimum atomic E-state index is -0.583. The molecule has 1 amide bonds. The van der Waals surface area contributed by atoms with Gasteiger partial charge in [-0.1, -0.05) is 17.7 Å². The molecule has 1 aromatic carbocycles. The Labute approximate surface area is 157 Å². The van der Waals surface area contributed by atoms with Crippen LogP contribution in [0.5, 0.6) is 0 Å². The van der Waals surface area contributed by atoms with Gasteiger partial charge in [-0.05, 0) is 29.8 Å². The predicted octanol–water partition coefficient (Wildman–Crippen LogP) is 1.89. The van der Waals surface area contributed by atoms with E-state index in [0.29, 0.717) is 11.3 Å². The Morgan fingerprint density at radius 1 is 1.26 bits per heavy atom. The summed E-state index contributed by atoms with van der Waals surface area (Å²) >= 11 is 5.61. The monoisotopic (exact) mass is 393 g/mol. The second-order valence-electron chi connectivity index (χ2n) is 5.71. The first-order valence-corrected chi connectivity index (χ1v) is 8.19. The van der Waals surface area contributed by atoms with Gasteiger partial charge in [-0.15, -0.1) is 5.10 Å². The summed E-state index contributed by atoms with van der Waals surface area (Å²) in [5.74, 6) is -1.38. The van der Waals surface area contributed by atoms with Gasteiger partial charge < -0.3 is 5.32 Å². The number of amides is 1. The van der Waals surface area contributed by atoms with Gasteiger partial charge in [0.2, 0.25) is 5.91 Å². The first-order chi connectivity index (χ1) is 12.8. The smallest absolute Gasteiger partial charge is 0.346 e. The lowest BCUT2D eigenvalue weighted by Gasteiger charge is -2.05. The zero-order valence-electron chi connectivity index (χ0n) is 14.1. The Morgan fingerprint density at radius 2 is 2.04 bits per heavy atom. The van der Waals surface area contributed by atoms with Gasteiger partial charge in [-0.25, -0.2) is 23.2 Å². The molecule has 0 atom stereocenters. The molecule has 0 saturated carbocycles. The number of carbonyl (C=O) groups is 1. The highest BCUT2D eigenvalue weighted by atomic mass is 35.5. The van der Waals surface area contributed by atoms with Crippen molar-refractivity contribution in [2.75, 3.05) is 0 Å². The zero-order valence-corrected chi connectivity index (χ0v) is 14.9. The summed E-state index contributed by atoms with van der Waals surface area (Å²) in [5.41, 5.74) is 0.297.